The van der Waals surface area contributed by atoms with Crippen LogP contribution in [0.1, 0.15) is 31.1 Å². The van der Waals surface area contributed by atoms with Crippen LogP contribution < -0.4 is 10.1 Å². The van der Waals surface area contributed by atoms with Gasteiger partial charge in [-0.3, -0.25) is 4.79 Å². The first-order valence-corrected chi connectivity index (χ1v) is 6.97. The summed E-state index contributed by atoms with van der Waals surface area (Å²) in [5.74, 6) is -2.49. The molecular weight excluding hydrogens is 315 g/mol. The molecule has 0 bridgehead atoms. The van der Waals surface area contributed by atoms with Gasteiger partial charge in [0.05, 0.1) is 13.2 Å². The van der Waals surface area contributed by atoms with Crippen molar-refractivity contribution in [1.29, 1.82) is 0 Å². The zero-order valence-corrected chi connectivity index (χ0v) is 13.0. The first-order chi connectivity index (χ1) is 10.6. The molecule has 0 aliphatic carbocycles. The van der Waals surface area contributed by atoms with E-state index in [4.69, 9.17) is 9.47 Å². The number of alkyl halides is 3. The van der Waals surface area contributed by atoms with E-state index < -0.39 is 18.1 Å². The summed E-state index contributed by atoms with van der Waals surface area (Å²) in [5.41, 5.74) is -0.222. The molecule has 0 aliphatic rings. The molecule has 23 heavy (non-hydrogen) atoms. The zero-order chi connectivity index (χ0) is 17.6. The lowest BCUT2D eigenvalue weighted by Gasteiger charge is -2.14. The topological polar surface area (TPSA) is 64.6 Å². The maximum atomic E-state index is 12.3. The van der Waals surface area contributed by atoms with Crippen molar-refractivity contribution in [3.8, 4) is 5.75 Å². The van der Waals surface area contributed by atoms with Crippen LogP contribution >= 0.6 is 0 Å². The molecular formula is C15H18F3NO4. The Hall–Kier alpha value is -2.25. The van der Waals surface area contributed by atoms with Gasteiger partial charge in [0.2, 0.25) is 0 Å². The molecule has 0 atom stereocenters. The first kappa shape index (κ1) is 18.8. The number of ether oxygens (including phenoxy) is 2. The number of esters is 1. The Kier molecular flexibility index (Phi) is 6.41. The summed E-state index contributed by atoms with van der Waals surface area (Å²) in [6.45, 7) is 5.83. The lowest BCUT2D eigenvalue weighted by Crippen LogP contribution is -2.30. The summed E-state index contributed by atoms with van der Waals surface area (Å²) < 4.78 is 47.1. The average molecular weight is 333 g/mol. The molecule has 8 heteroatoms. The normalized spacial score (nSPS) is 11.3. The SMILES string of the molecule is CCOC(=O)c1cc(NC(=O)C(F)(F)F)ccc1OCC(C)C. The van der Waals surface area contributed by atoms with Crippen LogP contribution in [0, 0.1) is 5.92 Å². The van der Waals surface area contributed by atoms with Gasteiger partial charge in [-0.25, -0.2) is 4.79 Å². The quantitative estimate of drug-likeness (QED) is 0.811. The molecule has 0 unspecified atom stereocenters. The minimum atomic E-state index is -5.02. The van der Waals surface area contributed by atoms with Gasteiger partial charge in [0.25, 0.3) is 0 Å². The number of halogens is 3. The molecule has 0 radical (unpaired) electrons. The summed E-state index contributed by atoms with van der Waals surface area (Å²) >= 11 is 0. The Morgan fingerprint density at radius 2 is 1.91 bits per heavy atom. The van der Waals surface area contributed by atoms with E-state index in [0.717, 1.165) is 6.07 Å². The Bertz CT molecular complexity index is 570. The number of nitrogens with one attached hydrogen (secondary N) is 1. The maximum Gasteiger partial charge on any atom is 0.471 e. The second-order valence-corrected chi connectivity index (χ2v) is 5.09. The first-order valence-electron chi connectivity index (χ1n) is 6.97. The van der Waals surface area contributed by atoms with Crippen LogP contribution in [0.25, 0.3) is 0 Å². The molecule has 5 nitrogen and oxygen atoms in total. The van der Waals surface area contributed by atoms with Crippen LogP contribution in [0.15, 0.2) is 18.2 Å². The Balaban J connectivity index is 3.06. The molecule has 1 N–H and O–H groups in total. The minimum Gasteiger partial charge on any atom is -0.492 e. The molecule has 1 rings (SSSR count). The van der Waals surface area contributed by atoms with E-state index in [1.807, 2.05) is 13.8 Å². The fourth-order valence-electron chi connectivity index (χ4n) is 1.56. The predicted octanol–water partition coefficient (Wildman–Crippen LogP) is 3.40. The average Bonchev–Trinajstić information content (AvgIpc) is 2.44. The third kappa shape index (κ3) is 5.80. The van der Waals surface area contributed by atoms with Crippen molar-refractivity contribution >= 4 is 17.6 Å². The molecule has 1 aromatic rings. The van der Waals surface area contributed by atoms with Gasteiger partial charge in [-0.2, -0.15) is 13.2 Å². The Morgan fingerprint density at radius 3 is 2.43 bits per heavy atom. The second-order valence-electron chi connectivity index (χ2n) is 5.09. The highest BCUT2D eigenvalue weighted by Gasteiger charge is 2.38. The largest absolute Gasteiger partial charge is 0.492 e. The fourth-order valence-corrected chi connectivity index (χ4v) is 1.56. The smallest absolute Gasteiger partial charge is 0.471 e. The Morgan fingerprint density at radius 1 is 1.26 bits per heavy atom. The van der Waals surface area contributed by atoms with E-state index in [1.54, 1.807) is 12.2 Å². The van der Waals surface area contributed by atoms with Crippen molar-refractivity contribution in [3.05, 3.63) is 23.8 Å². The molecule has 0 fully saturated rings. The lowest BCUT2D eigenvalue weighted by molar-refractivity contribution is -0.167. The molecule has 128 valence electrons. The van der Waals surface area contributed by atoms with Crippen molar-refractivity contribution in [2.24, 2.45) is 5.92 Å². The molecule has 1 amide bonds. The van der Waals surface area contributed by atoms with Crippen molar-refractivity contribution in [2.45, 2.75) is 26.9 Å². The van der Waals surface area contributed by atoms with Crippen LogP contribution in [0.3, 0.4) is 0 Å². The van der Waals surface area contributed by atoms with E-state index in [9.17, 15) is 22.8 Å². The highest BCUT2D eigenvalue weighted by Crippen LogP contribution is 2.26. The zero-order valence-electron chi connectivity index (χ0n) is 13.0. The molecule has 0 saturated carbocycles. The van der Waals surface area contributed by atoms with Gasteiger partial charge >= 0.3 is 18.1 Å². The number of hydrogen-bond donors (Lipinski definition) is 1. The summed E-state index contributed by atoms with van der Waals surface area (Å²) in [6.07, 6.45) is -5.02. The predicted molar refractivity (Wildman–Crippen MR) is 77.4 cm³/mol. The molecule has 0 saturated heterocycles. The minimum absolute atomic E-state index is 0.0486. The van der Waals surface area contributed by atoms with Gasteiger partial charge in [0, 0.05) is 5.69 Å². The van der Waals surface area contributed by atoms with E-state index in [1.165, 1.54) is 12.1 Å². The van der Waals surface area contributed by atoms with Crippen molar-refractivity contribution in [3.63, 3.8) is 0 Å². The second kappa shape index (κ2) is 7.85. The van der Waals surface area contributed by atoms with E-state index >= 15 is 0 Å². The van der Waals surface area contributed by atoms with Gasteiger partial charge in [0.15, 0.2) is 0 Å². The highest BCUT2D eigenvalue weighted by atomic mass is 19.4. The number of carbonyl (C=O) groups excluding carboxylic acids is 2. The number of amides is 1. The van der Waals surface area contributed by atoms with Gasteiger partial charge in [-0.05, 0) is 31.0 Å². The third-order valence-corrected chi connectivity index (χ3v) is 2.56. The summed E-state index contributed by atoms with van der Waals surface area (Å²) in [6, 6.07) is 3.64. The van der Waals surface area contributed by atoms with Crippen LogP contribution in [0.5, 0.6) is 5.75 Å². The van der Waals surface area contributed by atoms with Gasteiger partial charge < -0.3 is 14.8 Å². The van der Waals surface area contributed by atoms with Crippen LogP contribution in [0.4, 0.5) is 18.9 Å². The van der Waals surface area contributed by atoms with Gasteiger partial charge in [0.1, 0.15) is 11.3 Å². The summed E-state index contributed by atoms with van der Waals surface area (Å²) in [5, 5.41) is 1.68. The molecule has 0 spiro atoms. The van der Waals surface area contributed by atoms with Crippen LogP contribution in [-0.2, 0) is 9.53 Å². The van der Waals surface area contributed by atoms with E-state index in [-0.39, 0.29) is 29.5 Å². The molecule has 0 aliphatic heterocycles. The molecule has 1 aromatic carbocycles. The fraction of sp³-hybridized carbons (Fsp3) is 0.467. The third-order valence-electron chi connectivity index (χ3n) is 2.56. The summed E-state index contributed by atoms with van der Waals surface area (Å²) in [4.78, 5) is 22.9. The summed E-state index contributed by atoms with van der Waals surface area (Å²) in [7, 11) is 0. The monoisotopic (exact) mass is 333 g/mol. The van der Waals surface area contributed by atoms with Gasteiger partial charge in [-0.1, -0.05) is 13.8 Å². The Labute approximate surface area is 131 Å². The van der Waals surface area contributed by atoms with E-state index in [2.05, 4.69) is 0 Å². The van der Waals surface area contributed by atoms with Crippen molar-refractivity contribution in [2.75, 3.05) is 18.5 Å². The number of anilines is 1. The number of benzene rings is 1. The highest BCUT2D eigenvalue weighted by molar-refractivity contribution is 5.98. The number of rotatable bonds is 6. The standard InChI is InChI=1S/C15H18F3NO4/c1-4-22-13(20)11-7-10(19-14(21)15(16,17)18)5-6-12(11)23-8-9(2)3/h5-7,9H,4,8H2,1-3H3,(H,19,21). The molecule has 0 aromatic heterocycles. The van der Waals surface area contributed by atoms with Crippen LogP contribution in [-0.4, -0.2) is 31.3 Å². The van der Waals surface area contributed by atoms with Crippen molar-refractivity contribution < 1.29 is 32.2 Å². The van der Waals surface area contributed by atoms with E-state index in [0.29, 0.717) is 6.61 Å². The molecule has 0 heterocycles. The van der Waals surface area contributed by atoms with Crippen LogP contribution in [0.2, 0.25) is 0 Å². The maximum absolute atomic E-state index is 12.3. The number of carbonyl (C=O) groups is 2. The lowest BCUT2D eigenvalue weighted by atomic mass is 10.1. The van der Waals surface area contributed by atoms with Gasteiger partial charge in [-0.15, -0.1) is 0 Å². The number of hydrogen-bond acceptors (Lipinski definition) is 4. The van der Waals surface area contributed by atoms with Crippen molar-refractivity contribution in [1.82, 2.24) is 0 Å².